The quantitative estimate of drug-likeness (QED) is 0.0285. The molecule has 0 radical (unpaired) electrons. The fraction of sp³-hybridized carbons (Fsp3) is 0.683. The van der Waals surface area contributed by atoms with E-state index in [0.717, 1.165) is 65.7 Å². The predicted octanol–water partition coefficient (Wildman–Crippen LogP) is 9.58. The molecule has 1 aromatic carbocycles. The van der Waals surface area contributed by atoms with Crippen molar-refractivity contribution in [3.8, 4) is 11.5 Å². The van der Waals surface area contributed by atoms with Crippen LogP contribution in [0.15, 0.2) is 64.0 Å². The molecular formula is C60H86N6O6S2. The Hall–Kier alpha value is -3.37. The molecule has 4 saturated carbocycles. The Bertz CT molecular complexity index is 2540. The van der Waals surface area contributed by atoms with Crippen molar-refractivity contribution in [1.29, 1.82) is 0 Å². The lowest BCUT2D eigenvalue weighted by Gasteiger charge is -2.56. The largest absolute Gasteiger partial charge is 0.504 e. The van der Waals surface area contributed by atoms with Crippen molar-refractivity contribution in [2.24, 2.45) is 74.1 Å². The maximum Gasteiger partial charge on any atom is 0.188 e. The first-order valence-corrected chi connectivity index (χ1v) is 31.2. The number of benzene rings is 1. The molecule has 2 aliphatic heterocycles. The Morgan fingerprint density at radius 3 is 2.59 bits per heavy atom. The Labute approximate surface area is 448 Å². The highest BCUT2D eigenvalue weighted by Crippen LogP contribution is 2.72. The van der Waals surface area contributed by atoms with Crippen molar-refractivity contribution in [2.75, 3.05) is 38.2 Å². The summed E-state index contributed by atoms with van der Waals surface area (Å²) in [6, 6.07) is 10.2. The number of aromatic nitrogens is 1. The summed E-state index contributed by atoms with van der Waals surface area (Å²) in [5, 5.41) is 50.7. The SMILES string of the molecule is CN=C(N)N[C@H]1CSSC[C@H]2[C@@H](N)C[C@H]3C[C@H](CCc4oc(CCc5ccc(O)c(OC[C@H](O)c6cc7c([nH]6)[C@@H]6C=C[C@]8(CCC[C@H]8C68CCCC8)[C@@H]7CNC[C@H](C)O)c5)cc4CO)CC[C@@]24C=C[C@H](C[C@H]34)[C@H]1C. The summed E-state index contributed by atoms with van der Waals surface area (Å²) in [6.45, 7) is 5.52. The number of aromatic amines is 1. The third kappa shape index (κ3) is 9.73. The minimum Gasteiger partial charge on any atom is -0.504 e. The number of nitrogens with zero attached hydrogens (tertiary/aromatic N) is 1. The topological polar surface area (TPSA) is 208 Å². The number of hydrogen-bond donors (Lipinski definition) is 9. The van der Waals surface area contributed by atoms with Gasteiger partial charge in [0.25, 0.3) is 0 Å². The van der Waals surface area contributed by atoms with Crippen LogP contribution in [-0.4, -0.2) is 87.8 Å². The second-order valence-corrected chi connectivity index (χ2v) is 27.2. The number of fused-ring (bicyclic) bond motifs is 5. The Balaban J connectivity index is 0.730. The molecular weight excluding hydrogens is 965 g/mol. The van der Waals surface area contributed by atoms with Gasteiger partial charge in [-0.3, -0.25) is 4.99 Å². The molecule has 1 saturated heterocycles. The first-order chi connectivity index (χ1) is 35.8. The monoisotopic (exact) mass is 1050 g/mol. The number of aromatic hydroxyl groups is 1. The second kappa shape index (κ2) is 21.8. The lowest BCUT2D eigenvalue weighted by atomic mass is 9.50. The van der Waals surface area contributed by atoms with E-state index in [1.165, 1.54) is 81.9 Å². The summed E-state index contributed by atoms with van der Waals surface area (Å²) in [4.78, 5) is 8.02. The molecule has 7 bridgehead atoms. The standard InChI is InChI=1S/C60H86N6O6S2/c1-35(68)29-64-30-46-43-28-49(65-56(43)44-16-22-60(46)19-6-7-55(60)59(44)17-4-5-18-59)52(70)32-71-54-24-37(9-12-51(54)69)8-11-42-25-41(31-67)53(72-42)13-10-38-14-20-58-21-15-39-26-45(58)40(23-38)27-48(61)47(58)33-73-74-34-50(36(39)2)66-57(62)63-3/h9,12,15-16,21-22,24-25,28,35-36,38-40,44-48,50,52,55,64-65,67-70H,4-8,10-11,13-14,17-20,23,26-27,29-34,61H2,1-3H3,(H3,62,63,66)/t35-,36+,38+,39+,40+,44-,45+,46+,47-,48-,50-,52-,55-,58-,60+/m0/s1. The average Bonchev–Trinajstić information content (AvgIpc) is 4.30. The second-order valence-electron chi connectivity index (χ2n) is 24.6. The average molecular weight is 1050 g/mol. The van der Waals surface area contributed by atoms with Crippen molar-refractivity contribution in [3.63, 3.8) is 0 Å². The minimum atomic E-state index is -0.914. The summed E-state index contributed by atoms with van der Waals surface area (Å²) in [5.74, 6) is 9.09. The summed E-state index contributed by atoms with van der Waals surface area (Å²) in [5.41, 5.74) is 19.1. The summed E-state index contributed by atoms with van der Waals surface area (Å²) >= 11 is 0. The van der Waals surface area contributed by atoms with Gasteiger partial charge in [-0.25, -0.2) is 0 Å². The van der Waals surface area contributed by atoms with Crippen LogP contribution in [0.4, 0.5) is 0 Å². The van der Waals surface area contributed by atoms with Crippen LogP contribution >= 0.6 is 21.6 Å². The molecule has 14 heteroatoms. The first-order valence-electron chi connectivity index (χ1n) is 28.7. The number of aryl methyl sites for hydroxylation is 3. The van der Waals surface area contributed by atoms with Gasteiger partial charge in [0.2, 0.25) is 0 Å². The minimum absolute atomic E-state index is 0.00309. The van der Waals surface area contributed by atoms with Gasteiger partial charge in [-0.15, -0.1) is 0 Å². The van der Waals surface area contributed by atoms with Crippen LogP contribution in [0, 0.1) is 57.7 Å². The smallest absolute Gasteiger partial charge is 0.188 e. The van der Waals surface area contributed by atoms with Gasteiger partial charge in [0.05, 0.1) is 12.7 Å². The van der Waals surface area contributed by atoms with E-state index in [1.54, 1.807) is 13.1 Å². The molecule has 12 nitrogen and oxygen atoms in total. The number of rotatable bonds is 16. The van der Waals surface area contributed by atoms with Crippen LogP contribution in [0.25, 0.3) is 0 Å². The molecule has 8 aliphatic carbocycles. The number of aliphatic imine (C=N–C) groups is 1. The van der Waals surface area contributed by atoms with Crippen LogP contribution in [0.5, 0.6) is 11.5 Å². The van der Waals surface area contributed by atoms with Crippen molar-refractivity contribution in [2.45, 2.75) is 159 Å². The van der Waals surface area contributed by atoms with Gasteiger partial charge in [0, 0.05) is 85.4 Å². The van der Waals surface area contributed by atoms with Crippen molar-refractivity contribution in [3.05, 3.63) is 94.2 Å². The molecule has 2 aromatic heterocycles. The molecule has 0 amide bonds. The molecule has 3 spiro atoms. The van der Waals surface area contributed by atoms with Gasteiger partial charge < -0.3 is 56.7 Å². The van der Waals surface area contributed by atoms with E-state index in [4.69, 9.17) is 20.6 Å². The number of phenolic OH excluding ortho intramolecular Hbond substituents is 1. The van der Waals surface area contributed by atoms with Gasteiger partial charge in [-0.2, -0.15) is 0 Å². The van der Waals surface area contributed by atoms with Gasteiger partial charge in [0.1, 0.15) is 24.2 Å². The van der Waals surface area contributed by atoms with Crippen LogP contribution in [0.1, 0.15) is 155 Å². The van der Waals surface area contributed by atoms with E-state index in [2.05, 4.69) is 57.9 Å². The molecule has 74 heavy (non-hydrogen) atoms. The number of guanidine groups is 1. The number of hydrogen-bond acceptors (Lipinski definition) is 11. The van der Waals surface area contributed by atoms with E-state index in [0.29, 0.717) is 78.4 Å². The van der Waals surface area contributed by atoms with Crippen LogP contribution in [0.2, 0.25) is 0 Å². The van der Waals surface area contributed by atoms with Gasteiger partial charge in [-0.1, -0.05) is 78.1 Å². The molecule has 5 fully saturated rings. The molecule has 0 unspecified atom stereocenters. The number of furan rings is 1. The summed E-state index contributed by atoms with van der Waals surface area (Å²) in [7, 11) is 5.72. The van der Waals surface area contributed by atoms with E-state index >= 15 is 0 Å². The normalized spacial score (nSPS) is 35.7. The van der Waals surface area contributed by atoms with Gasteiger partial charge >= 0.3 is 0 Å². The zero-order chi connectivity index (χ0) is 51.4. The number of H-pyrrole nitrogens is 1. The zero-order valence-electron chi connectivity index (χ0n) is 44.3. The predicted molar refractivity (Wildman–Crippen MR) is 298 cm³/mol. The van der Waals surface area contributed by atoms with Gasteiger partial charge in [-0.05, 0) is 171 Å². The molecule has 4 heterocycles. The number of phenols is 1. The third-order valence-corrected chi connectivity index (χ3v) is 23.3. The molecule has 11 N–H and O–H groups in total. The molecule has 13 rings (SSSR count). The molecule has 3 aromatic rings. The number of ether oxygens (including phenoxy) is 1. The highest BCUT2D eigenvalue weighted by Gasteiger charge is 2.64. The fourth-order valence-electron chi connectivity index (χ4n) is 17.2. The van der Waals surface area contributed by atoms with Crippen LogP contribution in [-0.2, 0) is 25.9 Å². The third-order valence-electron chi connectivity index (χ3n) is 20.9. The van der Waals surface area contributed by atoms with Crippen molar-refractivity contribution < 1.29 is 29.6 Å². The number of aliphatic hydroxyl groups is 3. The Morgan fingerprint density at radius 2 is 1.78 bits per heavy atom. The number of nitrogens with two attached hydrogens (primary N) is 2. The Morgan fingerprint density at radius 1 is 0.959 bits per heavy atom. The number of nitrogens with one attached hydrogen (secondary N) is 3. The van der Waals surface area contributed by atoms with E-state index in [9.17, 15) is 20.4 Å². The van der Waals surface area contributed by atoms with E-state index in [1.807, 2.05) is 46.7 Å². The maximum absolute atomic E-state index is 11.8. The summed E-state index contributed by atoms with van der Waals surface area (Å²) < 4.78 is 12.8. The van der Waals surface area contributed by atoms with Crippen LogP contribution in [0.3, 0.4) is 0 Å². The molecule has 10 aliphatic rings. The highest BCUT2D eigenvalue weighted by atomic mass is 33.1. The highest BCUT2D eigenvalue weighted by molar-refractivity contribution is 8.76. The molecule has 15 atom stereocenters. The number of allylic oxidation sites excluding steroid dienone is 4. The first kappa shape index (κ1) is 52.7. The lowest BCUT2D eigenvalue weighted by molar-refractivity contribution is -0.00529. The van der Waals surface area contributed by atoms with Crippen molar-refractivity contribution >= 4 is 27.5 Å². The maximum atomic E-state index is 11.8. The molecule has 404 valence electrons. The van der Waals surface area contributed by atoms with Crippen LogP contribution < -0.4 is 26.8 Å². The van der Waals surface area contributed by atoms with E-state index < -0.39 is 12.2 Å². The number of aliphatic hydroxyl groups excluding tert-OH is 3. The zero-order valence-corrected chi connectivity index (χ0v) is 45.9. The summed E-state index contributed by atoms with van der Waals surface area (Å²) in [6.07, 6.45) is 26.8. The van der Waals surface area contributed by atoms with Gasteiger partial charge in [0.15, 0.2) is 17.5 Å². The van der Waals surface area contributed by atoms with E-state index in [-0.39, 0.29) is 53.2 Å². The fourth-order valence-corrected chi connectivity index (χ4v) is 20.1. The Kier molecular flexibility index (Phi) is 15.5. The van der Waals surface area contributed by atoms with Crippen molar-refractivity contribution in [1.82, 2.24) is 15.6 Å². The lowest BCUT2D eigenvalue weighted by Crippen LogP contribution is -2.56.